The molecule has 0 aliphatic carbocycles. The predicted molar refractivity (Wildman–Crippen MR) is 155 cm³/mol. The predicted octanol–water partition coefficient (Wildman–Crippen LogP) is 4.33. The number of hydrogen-bond donors (Lipinski definition) is 5. The topological polar surface area (TPSA) is 122 Å². The first-order valence-electron chi connectivity index (χ1n) is 12.8. The first-order valence-corrected chi connectivity index (χ1v) is 13.7. The molecule has 0 radical (unpaired) electrons. The molecule has 4 aromatic rings. The number of amides is 1. The Bertz CT molecular complexity index is 1360. The molecule has 0 bridgehead atoms. The Morgan fingerprint density at radius 1 is 1.08 bits per heavy atom. The molecular formula is C29H35N5O3S. The molecule has 0 fully saturated rings. The van der Waals surface area contributed by atoms with E-state index < -0.39 is 0 Å². The molecule has 0 spiro atoms. The maximum atomic E-state index is 10.8. The fourth-order valence-electron chi connectivity index (χ4n) is 4.16. The molecule has 0 aliphatic rings. The van der Waals surface area contributed by atoms with Gasteiger partial charge in [-0.3, -0.25) is 9.78 Å². The van der Waals surface area contributed by atoms with Gasteiger partial charge in [0.1, 0.15) is 11.3 Å². The van der Waals surface area contributed by atoms with Crippen molar-refractivity contribution in [3.63, 3.8) is 0 Å². The highest BCUT2D eigenvalue weighted by Crippen LogP contribution is 2.35. The second kappa shape index (κ2) is 13.9. The number of rotatable bonds is 15. The molecular weight excluding hydrogens is 498 g/mol. The van der Waals surface area contributed by atoms with Crippen LogP contribution < -0.4 is 26.4 Å². The minimum Gasteiger partial charge on any atom is -0.494 e. The maximum Gasteiger partial charge on any atom is 0.218 e. The Labute approximate surface area is 227 Å². The van der Waals surface area contributed by atoms with E-state index in [-0.39, 0.29) is 12.5 Å². The zero-order valence-corrected chi connectivity index (χ0v) is 22.4. The number of aliphatic hydroxyl groups is 1. The summed E-state index contributed by atoms with van der Waals surface area (Å²) in [5.41, 5.74) is 12.6. The van der Waals surface area contributed by atoms with Crippen LogP contribution in [0.5, 0.6) is 5.75 Å². The summed E-state index contributed by atoms with van der Waals surface area (Å²) in [6.07, 6.45) is 3.07. The molecule has 2 aromatic heterocycles. The van der Waals surface area contributed by atoms with Crippen molar-refractivity contribution in [3.8, 4) is 16.9 Å². The number of pyridine rings is 1. The first kappa shape index (κ1) is 27.5. The number of carbonyl (C=O) groups is 1. The third kappa shape index (κ3) is 7.52. The van der Waals surface area contributed by atoms with Gasteiger partial charge in [0, 0.05) is 43.3 Å². The van der Waals surface area contributed by atoms with Crippen molar-refractivity contribution in [1.29, 1.82) is 0 Å². The summed E-state index contributed by atoms with van der Waals surface area (Å²) in [6, 6.07) is 16.6. The molecule has 2 heterocycles. The van der Waals surface area contributed by atoms with Gasteiger partial charge >= 0.3 is 0 Å². The summed E-state index contributed by atoms with van der Waals surface area (Å²) in [6.45, 7) is 5.44. The standard InChI is InChI=1S/C29H35N5O3S/c1-20-24(22-5-2-6-23(16-22)37-14-4-10-31-11-9-28(30)36)7-3-8-25(20)34-26-19-38-27-15-21(17-32-12-13-35)18-33-29(26)27/h2-3,5-8,15-16,18-19,31-32,34-35H,4,9-14,17H2,1H3,(H2,30,36). The summed E-state index contributed by atoms with van der Waals surface area (Å²) in [5, 5.41) is 21.0. The molecule has 6 N–H and O–H groups in total. The Hall–Kier alpha value is -3.50. The lowest BCUT2D eigenvalue weighted by Crippen LogP contribution is -2.23. The van der Waals surface area contributed by atoms with Crippen molar-refractivity contribution in [2.45, 2.75) is 26.3 Å². The van der Waals surface area contributed by atoms with Gasteiger partial charge in [0.25, 0.3) is 0 Å². The molecule has 0 aliphatic heterocycles. The van der Waals surface area contributed by atoms with E-state index >= 15 is 0 Å². The fraction of sp³-hybridized carbons (Fsp3) is 0.310. The molecule has 8 nitrogen and oxygen atoms in total. The second-order valence-electron chi connectivity index (χ2n) is 9.04. The van der Waals surface area contributed by atoms with Crippen molar-refractivity contribution in [2.75, 3.05) is 38.2 Å². The normalized spacial score (nSPS) is 11.1. The zero-order chi connectivity index (χ0) is 26.7. The van der Waals surface area contributed by atoms with Crippen molar-refractivity contribution in [1.82, 2.24) is 15.6 Å². The van der Waals surface area contributed by atoms with Crippen LogP contribution in [0.2, 0.25) is 0 Å². The third-order valence-corrected chi connectivity index (χ3v) is 7.07. The van der Waals surface area contributed by atoms with Crippen LogP contribution in [-0.2, 0) is 11.3 Å². The van der Waals surface area contributed by atoms with Gasteiger partial charge in [0.2, 0.25) is 5.91 Å². The highest BCUT2D eigenvalue weighted by molar-refractivity contribution is 7.17. The van der Waals surface area contributed by atoms with Crippen LogP contribution in [0.25, 0.3) is 21.3 Å². The molecule has 0 atom stereocenters. The summed E-state index contributed by atoms with van der Waals surface area (Å²) < 4.78 is 7.09. The Morgan fingerprint density at radius 3 is 2.79 bits per heavy atom. The zero-order valence-electron chi connectivity index (χ0n) is 21.6. The lowest BCUT2D eigenvalue weighted by atomic mass is 9.99. The summed E-state index contributed by atoms with van der Waals surface area (Å²) >= 11 is 1.67. The van der Waals surface area contributed by atoms with Crippen LogP contribution in [0.15, 0.2) is 60.1 Å². The average Bonchev–Trinajstić information content (AvgIpc) is 3.31. The van der Waals surface area contributed by atoms with E-state index in [0.29, 0.717) is 32.7 Å². The highest BCUT2D eigenvalue weighted by Gasteiger charge is 2.11. The molecule has 1 amide bonds. The van der Waals surface area contributed by atoms with Gasteiger partial charge in [0.05, 0.1) is 23.6 Å². The number of nitrogens with one attached hydrogen (secondary N) is 3. The van der Waals surface area contributed by atoms with Gasteiger partial charge in [-0.05, 0) is 66.4 Å². The number of hydrogen-bond acceptors (Lipinski definition) is 8. The fourth-order valence-corrected chi connectivity index (χ4v) is 5.07. The lowest BCUT2D eigenvalue weighted by molar-refractivity contribution is -0.117. The van der Waals surface area contributed by atoms with Gasteiger partial charge < -0.3 is 31.5 Å². The van der Waals surface area contributed by atoms with E-state index in [1.807, 2.05) is 18.3 Å². The Kier molecular flexibility index (Phi) is 10.1. The number of nitrogens with two attached hydrogens (primary N) is 1. The van der Waals surface area contributed by atoms with Gasteiger partial charge in [0.15, 0.2) is 0 Å². The monoisotopic (exact) mass is 533 g/mol. The van der Waals surface area contributed by atoms with Crippen LogP contribution in [0.4, 0.5) is 11.4 Å². The number of ether oxygens (including phenoxy) is 1. The number of aromatic nitrogens is 1. The van der Waals surface area contributed by atoms with Crippen LogP contribution >= 0.6 is 11.3 Å². The number of carbonyl (C=O) groups excluding carboxylic acids is 1. The number of nitrogens with zero attached hydrogens (tertiary/aromatic N) is 1. The minimum atomic E-state index is -0.293. The van der Waals surface area contributed by atoms with Gasteiger partial charge in [-0.1, -0.05) is 24.3 Å². The molecule has 2 aromatic carbocycles. The lowest BCUT2D eigenvalue weighted by Gasteiger charge is -2.14. The Morgan fingerprint density at radius 2 is 1.95 bits per heavy atom. The SMILES string of the molecule is Cc1c(Nc2csc3cc(CNCCO)cnc23)cccc1-c1cccc(OCCCNCCC(N)=O)c1. The largest absolute Gasteiger partial charge is 0.494 e. The van der Waals surface area contributed by atoms with E-state index in [1.54, 1.807) is 11.3 Å². The summed E-state index contributed by atoms with van der Waals surface area (Å²) in [5.74, 6) is 0.535. The number of aliphatic hydroxyl groups excluding tert-OH is 1. The van der Waals surface area contributed by atoms with Crippen molar-refractivity contribution in [2.24, 2.45) is 5.73 Å². The number of primary amides is 1. The number of benzene rings is 2. The molecule has 9 heteroatoms. The average molecular weight is 534 g/mol. The van der Waals surface area contributed by atoms with Crippen LogP contribution in [0, 0.1) is 6.92 Å². The minimum absolute atomic E-state index is 0.122. The van der Waals surface area contributed by atoms with Crippen molar-refractivity contribution >= 4 is 38.8 Å². The third-order valence-electron chi connectivity index (χ3n) is 6.15. The molecule has 38 heavy (non-hydrogen) atoms. The van der Waals surface area contributed by atoms with Gasteiger partial charge in [-0.15, -0.1) is 11.3 Å². The highest BCUT2D eigenvalue weighted by atomic mass is 32.1. The van der Waals surface area contributed by atoms with Crippen LogP contribution in [0.1, 0.15) is 24.0 Å². The molecule has 0 unspecified atom stereocenters. The molecule has 0 saturated carbocycles. The van der Waals surface area contributed by atoms with E-state index in [2.05, 4.69) is 64.7 Å². The molecule has 200 valence electrons. The number of thiophene rings is 1. The van der Waals surface area contributed by atoms with Crippen LogP contribution in [0.3, 0.4) is 0 Å². The van der Waals surface area contributed by atoms with Gasteiger partial charge in [-0.25, -0.2) is 0 Å². The number of anilines is 2. The quantitative estimate of drug-likeness (QED) is 0.144. The van der Waals surface area contributed by atoms with Crippen molar-refractivity contribution < 1.29 is 14.6 Å². The van der Waals surface area contributed by atoms with Crippen molar-refractivity contribution in [3.05, 3.63) is 71.2 Å². The smallest absolute Gasteiger partial charge is 0.218 e. The van der Waals surface area contributed by atoms with E-state index in [4.69, 9.17) is 20.6 Å². The Balaban J connectivity index is 1.40. The maximum absolute atomic E-state index is 10.8. The summed E-state index contributed by atoms with van der Waals surface area (Å²) in [4.78, 5) is 15.5. The van der Waals surface area contributed by atoms with E-state index in [0.717, 1.165) is 62.6 Å². The summed E-state index contributed by atoms with van der Waals surface area (Å²) in [7, 11) is 0. The number of fused-ring (bicyclic) bond motifs is 1. The van der Waals surface area contributed by atoms with Crippen LogP contribution in [-0.4, -0.2) is 48.8 Å². The molecule has 0 saturated heterocycles. The van der Waals surface area contributed by atoms with E-state index in [9.17, 15) is 4.79 Å². The van der Waals surface area contributed by atoms with E-state index in [1.165, 1.54) is 0 Å². The first-order chi connectivity index (χ1) is 18.5. The molecule has 4 rings (SSSR count). The second-order valence-corrected chi connectivity index (χ2v) is 9.95. The van der Waals surface area contributed by atoms with Gasteiger partial charge in [-0.2, -0.15) is 0 Å².